The van der Waals surface area contributed by atoms with Gasteiger partial charge in [0.15, 0.2) is 6.10 Å². The first kappa shape index (κ1) is 62.1. The van der Waals surface area contributed by atoms with E-state index in [1.165, 1.54) is 103 Å². The van der Waals surface area contributed by atoms with Crippen LogP contribution in [0.25, 0.3) is 0 Å². The lowest BCUT2D eigenvalue weighted by atomic mass is 10.1. The van der Waals surface area contributed by atoms with Crippen molar-refractivity contribution in [3.8, 4) is 0 Å². The summed E-state index contributed by atoms with van der Waals surface area (Å²) in [6.45, 7) is 6.37. The molecule has 0 aliphatic rings. The van der Waals surface area contributed by atoms with E-state index < -0.39 is 6.10 Å². The lowest BCUT2D eigenvalue weighted by Crippen LogP contribution is -2.30. The summed E-state index contributed by atoms with van der Waals surface area (Å²) in [6, 6.07) is 0. The van der Waals surface area contributed by atoms with E-state index in [1.807, 2.05) is 54.7 Å². The summed E-state index contributed by atoms with van der Waals surface area (Å²) in [5.41, 5.74) is 0. The van der Waals surface area contributed by atoms with Gasteiger partial charge in [-0.05, 0) is 89.9 Å². The zero-order chi connectivity index (χ0) is 47.9. The van der Waals surface area contributed by atoms with E-state index in [2.05, 4.69) is 75.5 Å². The second-order valence-electron chi connectivity index (χ2n) is 17.5. The minimum Gasteiger partial charge on any atom is -0.462 e. The van der Waals surface area contributed by atoms with E-state index in [0.717, 1.165) is 83.5 Å². The second kappa shape index (κ2) is 53.7. The normalized spacial score (nSPS) is 13.0. The van der Waals surface area contributed by atoms with E-state index >= 15 is 0 Å². The molecule has 0 saturated carbocycles. The number of hydrogen-bond donors (Lipinski definition) is 0. The first-order valence-corrected chi connectivity index (χ1v) is 27.0. The van der Waals surface area contributed by atoms with E-state index in [1.54, 1.807) is 0 Å². The molecular weight excluding hydrogens is 817 g/mol. The smallest absolute Gasteiger partial charge is 0.306 e. The number of esters is 3. The number of carbonyl (C=O) groups is 3. The van der Waals surface area contributed by atoms with Gasteiger partial charge in [0.05, 0.1) is 0 Å². The van der Waals surface area contributed by atoms with Crippen LogP contribution in [0.1, 0.15) is 233 Å². The molecule has 0 radical (unpaired) electrons. The molecular formula is C60H98O6. The average Bonchev–Trinajstić information content (AvgIpc) is 3.31. The minimum absolute atomic E-state index is 0.114. The van der Waals surface area contributed by atoms with Crippen molar-refractivity contribution in [3.63, 3.8) is 0 Å². The highest BCUT2D eigenvalue weighted by Gasteiger charge is 2.19. The Labute approximate surface area is 406 Å². The molecule has 1 unspecified atom stereocenters. The van der Waals surface area contributed by atoms with E-state index in [0.29, 0.717) is 19.3 Å². The Balaban J connectivity index is 4.51. The van der Waals surface area contributed by atoms with E-state index in [-0.39, 0.29) is 37.5 Å². The van der Waals surface area contributed by atoms with Crippen LogP contribution in [0.15, 0.2) is 109 Å². The molecule has 0 aromatic rings. The molecule has 374 valence electrons. The third-order valence-electron chi connectivity index (χ3n) is 11.1. The molecule has 0 rings (SSSR count). The van der Waals surface area contributed by atoms with Gasteiger partial charge in [0, 0.05) is 19.3 Å². The lowest BCUT2D eigenvalue weighted by molar-refractivity contribution is -0.167. The SMILES string of the molecule is CC\C=C/C=C\C=C/C=C\C=C/CCCC(=O)OCC(COC(=O)CCCCCCC/C=C\C=C/CCCCCCCCC)OC(=O)CCCCCCCCC/C=C\C/C=C\CCCCC. The standard InChI is InChI=1S/C60H98O6/c1-4-7-10-13-16-19-22-25-27-29-31-32-35-38-41-44-47-50-53-59(62)65-56-57(55-64-58(61)52-49-46-43-40-37-34-24-21-18-15-12-9-6-3)66-60(63)54-51-48-45-42-39-36-33-30-28-26-23-20-17-14-11-8-5-2/h9,12,15,17-18,20-21,24,26-29,31-32,34,37,40,43,57H,4-8,10-11,13-14,16,19,22-23,25,30,33,35-36,38-39,41-42,44-56H2,1-3H3/b12-9-,18-15-,20-17-,24-21-,28-26-,29-27-,32-31-,37-34-,43-40-. The summed E-state index contributed by atoms with van der Waals surface area (Å²) in [6.07, 6.45) is 72.2. The Hall–Kier alpha value is -3.93. The van der Waals surface area contributed by atoms with Crippen LogP contribution in [0.3, 0.4) is 0 Å². The molecule has 0 amide bonds. The maximum atomic E-state index is 12.8. The van der Waals surface area contributed by atoms with Crippen molar-refractivity contribution in [2.45, 2.75) is 239 Å². The van der Waals surface area contributed by atoms with Gasteiger partial charge in [-0.15, -0.1) is 0 Å². The molecule has 0 aromatic heterocycles. The summed E-state index contributed by atoms with van der Waals surface area (Å²) in [7, 11) is 0. The van der Waals surface area contributed by atoms with E-state index in [9.17, 15) is 14.4 Å². The van der Waals surface area contributed by atoms with Crippen LogP contribution in [0.4, 0.5) is 0 Å². The number of hydrogen-bond acceptors (Lipinski definition) is 6. The molecule has 0 aliphatic carbocycles. The van der Waals surface area contributed by atoms with Gasteiger partial charge in [-0.2, -0.15) is 0 Å². The molecule has 0 N–H and O–H groups in total. The molecule has 0 aliphatic heterocycles. The van der Waals surface area contributed by atoms with Crippen molar-refractivity contribution in [1.29, 1.82) is 0 Å². The Morgan fingerprint density at radius 2 is 0.667 bits per heavy atom. The molecule has 0 aromatic carbocycles. The fraction of sp³-hybridized carbons (Fsp3) is 0.650. The van der Waals surface area contributed by atoms with Crippen LogP contribution in [-0.2, 0) is 28.6 Å². The lowest BCUT2D eigenvalue weighted by Gasteiger charge is -2.18. The zero-order valence-corrected chi connectivity index (χ0v) is 42.7. The molecule has 66 heavy (non-hydrogen) atoms. The predicted molar refractivity (Wildman–Crippen MR) is 283 cm³/mol. The number of ether oxygens (including phenoxy) is 3. The molecule has 0 spiro atoms. The average molecular weight is 915 g/mol. The monoisotopic (exact) mass is 915 g/mol. The van der Waals surface area contributed by atoms with Gasteiger partial charge in [-0.3, -0.25) is 14.4 Å². The second-order valence-corrected chi connectivity index (χ2v) is 17.5. The van der Waals surface area contributed by atoms with Crippen LogP contribution < -0.4 is 0 Å². The minimum atomic E-state index is -0.819. The molecule has 6 nitrogen and oxygen atoms in total. The molecule has 0 fully saturated rings. The van der Waals surface area contributed by atoms with Gasteiger partial charge < -0.3 is 14.2 Å². The van der Waals surface area contributed by atoms with E-state index in [4.69, 9.17) is 14.2 Å². The quantitative estimate of drug-likeness (QED) is 0.0199. The van der Waals surface area contributed by atoms with Crippen molar-refractivity contribution < 1.29 is 28.6 Å². The fourth-order valence-electron chi connectivity index (χ4n) is 7.08. The number of allylic oxidation sites excluding steroid dienone is 18. The van der Waals surface area contributed by atoms with Gasteiger partial charge >= 0.3 is 17.9 Å². The maximum absolute atomic E-state index is 12.8. The topological polar surface area (TPSA) is 78.9 Å². The van der Waals surface area contributed by atoms with Crippen LogP contribution >= 0.6 is 0 Å². The Morgan fingerprint density at radius 3 is 1.15 bits per heavy atom. The van der Waals surface area contributed by atoms with Crippen LogP contribution in [0, 0.1) is 0 Å². The molecule has 6 heteroatoms. The third-order valence-corrected chi connectivity index (χ3v) is 11.1. The summed E-state index contributed by atoms with van der Waals surface area (Å²) >= 11 is 0. The Bertz CT molecular complexity index is 1370. The van der Waals surface area contributed by atoms with Crippen molar-refractivity contribution in [2.75, 3.05) is 13.2 Å². The molecule has 0 saturated heterocycles. The first-order chi connectivity index (χ1) is 32.5. The fourth-order valence-corrected chi connectivity index (χ4v) is 7.08. The van der Waals surface area contributed by atoms with Crippen LogP contribution in [0.2, 0.25) is 0 Å². The summed E-state index contributed by atoms with van der Waals surface area (Å²) in [5.74, 6) is -1.02. The molecule has 1 atom stereocenters. The van der Waals surface area contributed by atoms with Gasteiger partial charge in [0.25, 0.3) is 0 Å². The Morgan fingerprint density at radius 1 is 0.333 bits per heavy atom. The van der Waals surface area contributed by atoms with Crippen LogP contribution in [-0.4, -0.2) is 37.2 Å². The predicted octanol–water partition coefficient (Wildman–Crippen LogP) is 17.9. The highest BCUT2D eigenvalue weighted by Crippen LogP contribution is 2.14. The van der Waals surface area contributed by atoms with Gasteiger partial charge in [-0.1, -0.05) is 233 Å². The highest BCUT2D eigenvalue weighted by molar-refractivity contribution is 5.71. The third kappa shape index (κ3) is 51.1. The largest absolute Gasteiger partial charge is 0.462 e. The van der Waals surface area contributed by atoms with Crippen molar-refractivity contribution >= 4 is 17.9 Å². The van der Waals surface area contributed by atoms with Gasteiger partial charge in [0.2, 0.25) is 0 Å². The van der Waals surface area contributed by atoms with Crippen molar-refractivity contribution in [1.82, 2.24) is 0 Å². The number of unbranched alkanes of at least 4 members (excludes halogenated alkanes) is 23. The summed E-state index contributed by atoms with van der Waals surface area (Å²) in [4.78, 5) is 38.0. The number of carbonyl (C=O) groups excluding carboxylic acids is 3. The zero-order valence-electron chi connectivity index (χ0n) is 42.7. The van der Waals surface area contributed by atoms with Crippen molar-refractivity contribution in [2.24, 2.45) is 0 Å². The maximum Gasteiger partial charge on any atom is 0.306 e. The van der Waals surface area contributed by atoms with Crippen molar-refractivity contribution in [3.05, 3.63) is 109 Å². The first-order valence-electron chi connectivity index (χ1n) is 27.0. The highest BCUT2D eigenvalue weighted by atomic mass is 16.6. The molecule has 0 bridgehead atoms. The summed E-state index contributed by atoms with van der Waals surface area (Å²) < 4.78 is 16.7. The summed E-state index contributed by atoms with van der Waals surface area (Å²) in [5, 5.41) is 0. The van der Waals surface area contributed by atoms with Gasteiger partial charge in [0.1, 0.15) is 13.2 Å². The molecule has 0 heterocycles. The Kier molecular flexibility index (Phi) is 50.5. The van der Waals surface area contributed by atoms with Gasteiger partial charge in [-0.25, -0.2) is 0 Å². The van der Waals surface area contributed by atoms with Crippen LogP contribution in [0.5, 0.6) is 0 Å². The number of rotatable bonds is 47.